The predicted octanol–water partition coefficient (Wildman–Crippen LogP) is 1.63. The molecule has 0 aliphatic heterocycles. The fourth-order valence-electron chi connectivity index (χ4n) is 2.82. The zero-order valence-corrected chi connectivity index (χ0v) is 14.2. The van der Waals surface area contributed by atoms with Crippen molar-refractivity contribution in [2.45, 2.75) is 37.8 Å². The molecule has 0 bridgehead atoms. The van der Waals surface area contributed by atoms with Crippen molar-refractivity contribution in [1.29, 1.82) is 5.26 Å². The second-order valence-electron chi connectivity index (χ2n) is 5.96. The minimum Gasteiger partial charge on any atom is -0.482 e. The molecule has 1 aliphatic rings. The van der Waals surface area contributed by atoms with Crippen LogP contribution in [0, 0.1) is 11.3 Å². The Balaban J connectivity index is 1.41. The number of nitrogens with zero attached hydrogens (tertiary/aromatic N) is 4. The van der Waals surface area contributed by atoms with Gasteiger partial charge in [0.2, 0.25) is 5.69 Å². The van der Waals surface area contributed by atoms with Crippen LogP contribution < -0.4 is 14.8 Å². The molecule has 1 N–H and O–H groups in total. The van der Waals surface area contributed by atoms with E-state index >= 15 is 0 Å². The minimum absolute atomic E-state index is 0.0291. The van der Waals surface area contributed by atoms with E-state index in [9.17, 15) is 4.79 Å². The molecule has 0 unspecified atom stereocenters. The highest BCUT2D eigenvalue weighted by Crippen LogP contribution is 2.23. The molecule has 2 aromatic rings. The first-order valence-electron chi connectivity index (χ1n) is 8.44. The second kappa shape index (κ2) is 8.76. The topological polar surface area (TPSA) is 110 Å². The third-order valence-corrected chi connectivity index (χ3v) is 4.09. The van der Waals surface area contributed by atoms with E-state index in [2.05, 4.69) is 20.3 Å². The van der Waals surface area contributed by atoms with Crippen molar-refractivity contribution >= 4 is 5.91 Å². The summed E-state index contributed by atoms with van der Waals surface area (Å²) < 4.78 is 11.2. The molecule has 2 heterocycles. The van der Waals surface area contributed by atoms with Crippen LogP contribution in [0.1, 0.15) is 31.4 Å². The Morgan fingerprint density at radius 2 is 2.04 bits per heavy atom. The van der Waals surface area contributed by atoms with Crippen molar-refractivity contribution in [3.05, 3.63) is 42.6 Å². The molecule has 0 saturated heterocycles. The van der Waals surface area contributed by atoms with Gasteiger partial charge in [0.15, 0.2) is 6.61 Å². The number of carbonyl (C=O) groups excluding carboxylic acids is 1. The van der Waals surface area contributed by atoms with Gasteiger partial charge in [-0.25, -0.2) is 9.97 Å². The average molecular weight is 353 g/mol. The molecule has 1 aliphatic carbocycles. The lowest BCUT2D eigenvalue weighted by Gasteiger charge is -2.29. The van der Waals surface area contributed by atoms with Gasteiger partial charge in [-0.15, -0.1) is 0 Å². The van der Waals surface area contributed by atoms with Gasteiger partial charge in [-0.3, -0.25) is 9.78 Å². The second-order valence-corrected chi connectivity index (χ2v) is 5.96. The molecule has 2 aromatic heterocycles. The standard InChI is InChI=1S/C18H19N5O3/c19-10-16-18(22-9-8-21-16)26-14-5-3-13(4-6-14)23-17(24)12-25-15-2-1-7-20-11-15/h1-2,7-9,11,13-14H,3-6,12H2,(H,23,24). The Labute approximate surface area is 151 Å². The van der Waals surface area contributed by atoms with Crippen LogP contribution in [-0.2, 0) is 4.79 Å². The number of rotatable bonds is 6. The SMILES string of the molecule is N#Cc1nccnc1OC1CCC(NC(=O)COc2cccnc2)CC1. The van der Waals surface area contributed by atoms with E-state index in [-0.39, 0.29) is 36.2 Å². The third-order valence-electron chi connectivity index (χ3n) is 4.09. The maximum absolute atomic E-state index is 12.0. The molecule has 1 fully saturated rings. The van der Waals surface area contributed by atoms with Crippen LogP contribution in [0.4, 0.5) is 0 Å². The van der Waals surface area contributed by atoms with Crippen molar-refractivity contribution in [3.63, 3.8) is 0 Å². The Hall–Kier alpha value is -3.21. The summed E-state index contributed by atoms with van der Waals surface area (Å²) in [5.41, 5.74) is 0.190. The zero-order valence-electron chi connectivity index (χ0n) is 14.2. The summed E-state index contributed by atoms with van der Waals surface area (Å²) in [5, 5.41) is 12.0. The minimum atomic E-state index is -0.154. The Bertz CT molecular complexity index is 770. The highest BCUT2D eigenvalue weighted by Gasteiger charge is 2.25. The molecular formula is C18H19N5O3. The molecule has 0 radical (unpaired) electrons. The number of amides is 1. The van der Waals surface area contributed by atoms with Crippen LogP contribution in [-0.4, -0.2) is 39.6 Å². The number of ether oxygens (including phenoxy) is 2. The number of aromatic nitrogens is 3. The summed E-state index contributed by atoms with van der Waals surface area (Å²) in [6, 6.07) is 5.58. The number of nitrogens with one attached hydrogen (secondary N) is 1. The van der Waals surface area contributed by atoms with Crippen molar-refractivity contribution in [2.24, 2.45) is 0 Å². The molecule has 0 atom stereocenters. The third kappa shape index (κ3) is 4.89. The zero-order chi connectivity index (χ0) is 18.2. The van der Waals surface area contributed by atoms with E-state index in [0.29, 0.717) is 5.75 Å². The summed E-state index contributed by atoms with van der Waals surface area (Å²) in [4.78, 5) is 23.9. The molecule has 8 nitrogen and oxygen atoms in total. The Morgan fingerprint density at radius 1 is 1.23 bits per heavy atom. The maximum atomic E-state index is 12.0. The molecule has 26 heavy (non-hydrogen) atoms. The highest BCUT2D eigenvalue weighted by molar-refractivity contribution is 5.77. The predicted molar refractivity (Wildman–Crippen MR) is 91.3 cm³/mol. The van der Waals surface area contributed by atoms with Crippen LogP contribution in [0.2, 0.25) is 0 Å². The van der Waals surface area contributed by atoms with Gasteiger partial charge in [0.25, 0.3) is 11.8 Å². The van der Waals surface area contributed by atoms with Gasteiger partial charge in [-0.1, -0.05) is 0 Å². The molecular weight excluding hydrogens is 334 g/mol. The fourth-order valence-corrected chi connectivity index (χ4v) is 2.82. The summed E-state index contributed by atoms with van der Waals surface area (Å²) in [6.45, 7) is -0.0345. The Kier molecular flexibility index (Phi) is 5.93. The van der Waals surface area contributed by atoms with Gasteiger partial charge in [0.1, 0.15) is 17.9 Å². The largest absolute Gasteiger partial charge is 0.482 e. The number of carbonyl (C=O) groups is 1. The van der Waals surface area contributed by atoms with Gasteiger partial charge < -0.3 is 14.8 Å². The number of hydrogen-bond acceptors (Lipinski definition) is 7. The lowest BCUT2D eigenvalue weighted by atomic mass is 9.93. The molecule has 0 aromatic carbocycles. The summed E-state index contributed by atoms with van der Waals surface area (Å²) >= 11 is 0. The van der Waals surface area contributed by atoms with Gasteiger partial charge >= 0.3 is 0 Å². The normalized spacial score (nSPS) is 19.2. The molecule has 0 spiro atoms. The van der Waals surface area contributed by atoms with Crippen LogP contribution in [0.5, 0.6) is 11.6 Å². The maximum Gasteiger partial charge on any atom is 0.258 e. The molecule has 3 rings (SSSR count). The lowest BCUT2D eigenvalue weighted by Crippen LogP contribution is -2.41. The van der Waals surface area contributed by atoms with E-state index in [1.807, 2.05) is 6.07 Å². The first kappa shape index (κ1) is 17.6. The monoisotopic (exact) mass is 353 g/mol. The summed E-state index contributed by atoms with van der Waals surface area (Å²) in [5.74, 6) is 0.684. The Morgan fingerprint density at radius 3 is 2.77 bits per heavy atom. The van der Waals surface area contributed by atoms with Gasteiger partial charge in [0.05, 0.1) is 6.20 Å². The fraction of sp³-hybridized carbons (Fsp3) is 0.389. The first-order chi connectivity index (χ1) is 12.7. The number of hydrogen-bond donors (Lipinski definition) is 1. The smallest absolute Gasteiger partial charge is 0.258 e. The van der Waals surface area contributed by atoms with Crippen LogP contribution >= 0.6 is 0 Å². The highest BCUT2D eigenvalue weighted by atomic mass is 16.5. The quantitative estimate of drug-likeness (QED) is 0.840. The van der Waals surface area contributed by atoms with Crippen molar-refractivity contribution in [2.75, 3.05) is 6.61 Å². The van der Waals surface area contributed by atoms with E-state index in [0.717, 1.165) is 25.7 Å². The summed E-state index contributed by atoms with van der Waals surface area (Å²) in [7, 11) is 0. The van der Waals surface area contributed by atoms with E-state index < -0.39 is 0 Å². The number of nitriles is 1. The molecule has 134 valence electrons. The van der Waals surface area contributed by atoms with E-state index in [1.165, 1.54) is 12.4 Å². The lowest BCUT2D eigenvalue weighted by molar-refractivity contribution is -0.124. The molecule has 1 saturated carbocycles. The average Bonchev–Trinajstić information content (AvgIpc) is 2.69. The van der Waals surface area contributed by atoms with Crippen molar-refractivity contribution < 1.29 is 14.3 Å². The summed E-state index contributed by atoms with van der Waals surface area (Å²) in [6.07, 6.45) is 9.29. The van der Waals surface area contributed by atoms with Crippen molar-refractivity contribution in [1.82, 2.24) is 20.3 Å². The number of pyridine rings is 1. The van der Waals surface area contributed by atoms with Gasteiger partial charge in [0, 0.05) is 24.6 Å². The van der Waals surface area contributed by atoms with Crippen LogP contribution in [0.15, 0.2) is 36.9 Å². The molecule has 8 heteroatoms. The van der Waals surface area contributed by atoms with Crippen LogP contribution in [0.3, 0.4) is 0 Å². The van der Waals surface area contributed by atoms with E-state index in [4.69, 9.17) is 14.7 Å². The first-order valence-corrected chi connectivity index (χ1v) is 8.44. The van der Waals surface area contributed by atoms with Crippen molar-refractivity contribution in [3.8, 4) is 17.7 Å². The molecule has 1 amide bonds. The van der Waals surface area contributed by atoms with Gasteiger partial charge in [-0.2, -0.15) is 5.26 Å². The van der Waals surface area contributed by atoms with Crippen LogP contribution in [0.25, 0.3) is 0 Å². The van der Waals surface area contributed by atoms with Gasteiger partial charge in [-0.05, 0) is 37.8 Å². The van der Waals surface area contributed by atoms with E-state index in [1.54, 1.807) is 24.5 Å².